The van der Waals surface area contributed by atoms with Crippen LogP contribution in [0, 0.1) is 0 Å². The van der Waals surface area contributed by atoms with Crippen molar-refractivity contribution in [1.82, 2.24) is 25.3 Å². The van der Waals surface area contributed by atoms with E-state index in [1.807, 2.05) is 25.2 Å². The molecule has 0 aliphatic carbocycles. The maximum absolute atomic E-state index is 12.0. The lowest BCUT2D eigenvalue weighted by molar-refractivity contribution is 0.0940. The molecule has 3 rings (SSSR count). The second kappa shape index (κ2) is 7.56. The number of amides is 1. The van der Waals surface area contributed by atoms with E-state index >= 15 is 0 Å². The Labute approximate surface area is 139 Å². The van der Waals surface area contributed by atoms with Crippen LogP contribution in [0.5, 0.6) is 0 Å². The molecular formula is C17H19N5O2. The van der Waals surface area contributed by atoms with Crippen LogP contribution in [0.2, 0.25) is 0 Å². The quantitative estimate of drug-likeness (QED) is 0.693. The van der Waals surface area contributed by atoms with Gasteiger partial charge in [-0.15, -0.1) is 0 Å². The lowest BCUT2D eigenvalue weighted by atomic mass is 10.2. The van der Waals surface area contributed by atoms with E-state index in [1.54, 1.807) is 18.5 Å². The summed E-state index contributed by atoms with van der Waals surface area (Å²) in [4.78, 5) is 21.1. The molecule has 0 bridgehead atoms. The van der Waals surface area contributed by atoms with Gasteiger partial charge in [0.15, 0.2) is 11.5 Å². The van der Waals surface area contributed by atoms with Gasteiger partial charge in [0.1, 0.15) is 5.82 Å². The maximum Gasteiger partial charge on any atom is 0.273 e. The number of carbonyl (C=O) groups excluding carboxylic acids is 1. The normalized spacial score (nSPS) is 10.9. The molecule has 0 atom stereocenters. The second-order valence-corrected chi connectivity index (χ2v) is 5.55. The predicted octanol–water partition coefficient (Wildman–Crippen LogP) is 1.96. The third-order valence-electron chi connectivity index (χ3n) is 3.48. The van der Waals surface area contributed by atoms with Crippen molar-refractivity contribution in [1.29, 1.82) is 0 Å². The van der Waals surface area contributed by atoms with Gasteiger partial charge in [-0.25, -0.2) is 4.98 Å². The summed E-state index contributed by atoms with van der Waals surface area (Å²) in [5.74, 6) is 1.05. The lowest BCUT2D eigenvalue weighted by Crippen LogP contribution is -2.23. The molecule has 0 aliphatic heterocycles. The first-order valence-corrected chi connectivity index (χ1v) is 7.65. The fourth-order valence-corrected chi connectivity index (χ4v) is 2.36. The van der Waals surface area contributed by atoms with Gasteiger partial charge in [-0.05, 0) is 12.6 Å². The van der Waals surface area contributed by atoms with Crippen LogP contribution in [-0.4, -0.2) is 33.0 Å². The molecule has 1 amide bonds. The van der Waals surface area contributed by atoms with Crippen LogP contribution in [0.3, 0.4) is 0 Å². The Morgan fingerprint density at radius 1 is 1.29 bits per heavy atom. The smallest absolute Gasteiger partial charge is 0.273 e. The van der Waals surface area contributed by atoms with E-state index < -0.39 is 0 Å². The Kier molecular flexibility index (Phi) is 5.02. The van der Waals surface area contributed by atoms with E-state index in [4.69, 9.17) is 4.52 Å². The molecule has 1 aromatic carbocycles. The molecule has 7 heteroatoms. The molecule has 0 saturated heterocycles. The SMILES string of the molecule is CN(Cc1ccccc1)Cc1cc(C(=O)NCc2ncc[nH]2)no1. The van der Waals surface area contributed by atoms with Crippen molar-refractivity contribution < 1.29 is 9.32 Å². The summed E-state index contributed by atoms with van der Waals surface area (Å²) in [6, 6.07) is 11.8. The number of aromatic amines is 1. The molecule has 2 heterocycles. The van der Waals surface area contributed by atoms with Gasteiger partial charge in [0, 0.05) is 25.0 Å². The molecule has 0 unspecified atom stereocenters. The minimum absolute atomic E-state index is 0.268. The largest absolute Gasteiger partial charge is 0.359 e. The Morgan fingerprint density at radius 2 is 2.12 bits per heavy atom. The molecule has 0 radical (unpaired) electrons. The fraction of sp³-hybridized carbons (Fsp3) is 0.235. The van der Waals surface area contributed by atoms with E-state index in [1.165, 1.54) is 5.56 Å². The number of carbonyl (C=O) groups is 1. The van der Waals surface area contributed by atoms with Gasteiger partial charge in [-0.1, -0.05) is 35.5 Å². The first kappa shape index (κ1) is 15.9. The zero-order chi connectivity index (χ0) is 16.8. The van der Waals surface area contributed by atoms with Crippen LogP contribution in [0.4, 0.5) is 0 Å². The second-order valence-electron chi connectivity index (χ2n) is 5.55. The van der Waals surface area contributed by atoms with Crippen molar-refractivity contribution in [2.75, 3.05) is 7.05 Å². The van der Waals surface area contributed by atoms with E-state index in [0.29, 0.717) is 24.7 Å². The first-order chi connectivity index (χ1) is 11.7. The predicted molar refractivity (Wildman–Crippen MR) is 87.9 cm³/mol. The number of nitrogens with one attached hydrogen (secondary N) is 2. The zero-order valence-corrected chi connectivity index (χ0v) is 13.4. The van der Waals surface area contributed by atoms with Crippen LogP contribution in [0.1, 0.15) is 27.6 Å². The number of aromatic nitrogens is 3. The number of imidazole rings is 1. The molecule has 24 heavy (non-hydrogen) atoms. The van der Waals surface area contributed by atoms with Crippen LogP contribution in [-0.2, 0) is 19.6 Å². The molecule has 2 aromatic heterocycles. The molecule has 3 aromatic rings. The van der Waals surface area contributed by atoms with Crippen molar-refractivity contribution >= 4 is 5.91 Å². The molecule has 2 N–H and O–H groups in total. The summed E-state index contributed by atoms with van der Waals surface area (Å²) in [5.41, 5.74) is 1.49. The van der Waals surface area contributed by atoms with Crippen LogP contribution < -0.4 is 5.32 Å². The highest BCUT2D eigenvalue weighted by Gasteiger charge is 2.14. The zero-order valence-electron chi connectivity index (χ0n) is 13.4. The van der Waals surface area contributed by atoms with Crippen molar-refractivity contribution in [3.8, 4) is 0 Å². The van der Waals surface area contributed by atoms with Crippen LogP contribution in [0.15, 0.2) is 53.3 Å². The topological polar surface area (TPSA) is 87.0 Å². The molecule has 0 fully saturated rings. The highest BCUT2D eigenvalue weighted by Crippen LogP contribution is 2.10. The number of hydrogen-bond acceptors (Lipinski definition) is 5. The number of H-pyrrole nitrogens is 1. The van der Waals surface area contributed by atoms with Crippen molar-refractivity contribution in [2.45, 2.75) is 19.6 Å². The first-order valence-electron chi connectivity index (χ1n) is 7.65. The van der Waals surface area contributed by atoms with Crippen molar-refractivity contribution in [2.24, 2.45) is 0 Å². The standard InChI is InChI=1S/C17H19N5O2/c1-22(11-13-5-3-2-4-6-13)12-14-9-15(21-24-14)17(23)20-10-16-18-7-8-19-16/h2-9H,10-12H2,1H3,(H,18,19)(H,20,23). The number of nitrogens with zero attached hydrogens (tertiary/aromatic N) is 3. The Bertz CT molecular complexity index is 767. The summed E-state index contributed by atoms with van der Waals surface area (Å²) < 4.78 is 5.26. The van der Waals surface area contributed by atoms with Crippen LogP contribution in [0.25, 0.3) is 0 Å². The van der Waals surface area contributed by atoms with E-state index in [0.717, 1.165) is 6.54 Å². The molecule has 0 aliphatic rings. The maximum atomic E-state index is 12.0. The highest BCUT2D eigenvalue weighted by atomic mass is 16.5. The van der Waals surface area contributed by atoms with Gasteiger partial charge in [-0.3, -0.25) is 9.69 Å². The highest BCUT2D eigenvalue weighted by molar-refractivity contribution is 5.92. The summed E-state index contributed by atoms with van der Waals surface area (Å²) in [7, 11) is 1.99. The summed E-state index contributed by atoms with van der Waals surface area (Å²) in [6.45, 7) is 1.69. The molecule has 0 saturated carbocycles. The Morgan fingerprint density at radius 3 is 2.88 bits per heavy atom. The number of benzene rings is 1. The Balaban J connectivity index is 1.52. The molecule has 0 spiro atoms. The van der Waals surface area contributed by atoms with E-state index in [2.05, 4.69) is 37.5 Å². The molecule has 124 valence electrons. The number of rotatable bonds is 7. The Hall–Kier alpha value is -2.93. The summed E-state index contributed by atoms with van der Waals surface area (Å²) in [6.07, 6.45) is 3.34. The summed E-state index contributed by atoms with van der Waals surface area (Å²) >= 11 is 0. The minimum Gasteiger partial charge on any atom is -0.359 e. The van der Waals surface area contributed by atoms with Crippen LogP contribution >= 0.6 is 0 Å². The monoisotopic (exact) mass is 325 g/mol. The van der Waals surface area contributed by atoms with Gasteiger partial charge in [0.05, 0.1) is 13.1 Å². The third kappa shape index (κ3) is 4.30. The van der Waals surface area contributed by atoms with E-state index in [-0.39, 0.29) is 11.6 Å². The van der Waals surface area contributed by atoms with E-state index in [9.17, 15) is 4.79 Å². The minimum atomic E-state index is -0.285. The average Bonchev–Trinajstić information content (AvgIpc) is 3.25. The van der Waals surface area contributed by atoms with Gasteiger partial charge >= 0.3 is 0 Å². The van der Waals surface area contributed by atoms with Gasteiger partial charge in [0.25, 0.3) is 5.91 Å². The molecule has 7 nitrogen and oxygen atoms in total. The third-order valence-corrected chi connectivity index (χ3v) is 3.48. The van der Waals surface area contributed by atoms with Gasteiger partial charge < -0.3 is 14.8 Å². The summed E-state index contributed by atoms with van der Waals surface area (Å²) in [5, 5.41) is 6.57. The lowest BCUT2D eigenvalue weighted by Gasteiger charge is -2.14. The molecular weight excluding hydrogens is 306 g/mol. The average molecular weight is 325 g/mol. The van der Waals surface area contributed by atoms with Crippen molar-refractivity contribution in [3.05, 3.63) is 71.6 Å². The number of hydrogen-bond donors (Lipinski definition) is 2. The fourth-order valence-electron chi connectivity index (χ4n) is 2.36. The van der Waals surface area contributed by atoms with Crippen molar-refractivity contribution in [3.63, 3.8) is 0 Å². The van der Waals surface area contributed by atoms with Gasteiger partial charge in [-0.2, -0.15) is 0 Å². The van der Waals surface area contributed by atoms with Gasteiger partial charge in [0.2, 0.25) is 0 Å².